The molecule has 1 amide bonds. The van der Waals surface area contributed by atoms with Crippen LogP contribution in [-0.4, -0.2) is 21.9 Å². The number of aryl methyl sites for hydroxylation is 1. The van der Waals surface area contributed by atoms with Crippen molar-refractivity contribution in [1.82, 2.24) is 10.2 Å². The Bertz CT molecular complexity index is 790. The number of H-pyrrole nitrogens is 1. The van der Waals surface area contributed by atoms with Crippen molar-refractivity contribution in [3.05, 3.63) is 47.9 Å². The zero-order valence-electron chi connectivity index (χ0n) is 11.4. The standard InChI is InChI=1S/C15H13N3O2S/c1-9-6-13(17-16-9)18-14(19)8-21-15(18)12-7-10-4-2-3-5-11(10)20-12/h2-7,15H,8H2,1H3,(H,16,17). The second-order valence-corrected chi connectivity index (χ2v) is 6.09. The van der Waals surface area contributed by atoms with Crippen LogP contribution in [0.5, 0.6) is 0 Å². The van der Waals surface area contributed by atoms with Crippen LogP contribution in [0.15, 0.2) is 40.8 Å². The summed E-state index contributed by atoms with van der Waals surface area (Å²) in [7, 11) is 0. The number of hydrogen-bond donors (Lipinski definition) is 1. The first-order valence-corrected chi connectivity index (χ1v) is 7.71. The second kappa shape index (κ2) is 4.66. The third-order valence-corrected chi connectivity index (χ3v) is 4.67. The molecule has 1 aromatic carbocycles. The molecule has 3 aromatic rings. The van der Waals surface area contributed by atoms with Crippen LogP contribution in [0.1, 0.15) is 16.8 Å². The van der Waals surface area contributed by atoms with Gasteiger partial charge in [-0.2, -0.15) is 5.10 Å². The molecule has 1 atom stereocenters. The van der Waals surface area contributed by atoms with Gasteiger partial charge in [0.15, 0.2) is 5.82 Å². The summed E-state index contributed by atoms with van der Waals surface area (Å²) in [6, 6.07) is 11.7. The molecule has 21 heavy (non-hydrogen) atoms. The van der Waals surface area contributed by atoms with Crippen LogP contribution in [0.4, 0.5) is 5.82 Å². The molecule has 1 unspecified atom stereocenters. The van der Waals surface area contributed by atoms with Crippen LogP contribution in [0, 0.1) is 6.92 Å². The maximum atomic E-state index is 12.2. The van der Waals surface area contributed by atoms with E-state index in [1.165, 1.54) is 0 Å². The van der Waals surface area contributed by atoms with E-state index in [0.29, 0.717) is 11.6 Å². The van der Waals surface area contributed by atoms with E-state index in [0.717, 1.165) is 22.4 Å². The summed E-state index contributed by atoms with van der Waals surface area (Å²) in [6.45, 7) is 1.92. The minimum atomic E-state index is -0.160. The molecular formula is C15H13N3O2S. The average Bonchev–Trinajstić information content (AvgIpc) is 3.15. The van der Waals surface area contributed by atoms with Crippen LogP contribution in [-0.2, 0) is 4.79 Å². The van der Waals surface area contributed by atoms with E-state index in [9.17, 15) is 4.79 Å². The predicted molar refractivity (Wildman–Crippen MR) is 82.2 cm³/mol. The molecule has 2 aromatic heterocycles. The summed E-state index contributed by atoms with van der Waals surface area (Å²) in [6.07, 6.45) is 0. The lowest BCUT2D eigenvalue weighted by molar-refractivity contribution is -0.115. The number of rotatable bonds is 2. The Morgan fingerprint density at radius 3 is 3.00 bits per heavy atom. The van der Waals surface area contributed by atoms with Gasteiger partial charge in [0.25, 0.3) is 0 Å². The fourth-order valence-corrected chi connectivity index (χ4v) is 3.63. The van der Waals surface area contributed by atoms with Crippen LogP contribution in [0.2, 0.25) is 0 Å². The molecular weight excluding hydrogens is 286 g/mol. The fraction of sp³-hybridized carbons (Fsp3) is 0.200. The average molecular weight is 299 g/mol. The number of carbonyl (C=O) groups excluding carboxylic acids is 1. The Labute approximate surface area is 125 Å². The number of benzene rings is 1. The van der Waals surface area contributed by atoms with Gasteiger partial charge in [0.2, 0.25) is 5.91 Å². The largest absolute Gasteiger partial charge is 0.458 e. The van der Waals surface area contributed by atoms with E-state index in [-0.39, 0.29) is 11.3 Å². The highest BCUT2D eigenvalue weighted by molar-refractivity contribution is 8.00. The van der Waals surface area contributed by atoms with Gasteiger partial charge in [-0.05, 0) is 19.1 Å². The number of aromatic amines is 1. The number of thioether (sulfide) groups is 1. The molecule has 1 fully saturated rings. The van der Waals surface area contributed by atoms with Crippen molar-refractivity contribution in [3.8, 4) is 0 Å². The fourth-order valence-electron chi connectivity index (χ4n) is 2.53. The van der Waals surface area contributed by atoms with E-state index in [4.69, 9.17) is 4.42 Å². The molecule has 0 bridgehead atoms. The zero-order chi connectivity index (χ0) is 14.4. The van der Waals surface area contributed by atoms with Crippen LogP contribution >= 0.6 is 11.8 Å². The first kappa shape index (κ1) is 12.5. The van der Waals surface area contributed by atoms with Gasteiger partial charge in [-0.1, -0.05) is 18.2 Å². The minimum Gasteiger partial charge on any atom is -0.458 e. The van der Waals surface area contributed by atoms with Gasteiger partial charge in [-0.15, -0.1) is 11.8 Å². The second-order valence-electron chi connectivity index (χ2n) is 5.02. The lowest BCUT2D eigenvalue weighted by Crippen LogP contribution is -2.27. The van der Waals surface area contributed by atoms with Crippen molar-refractivity contribution in [3.63, 3.8) is 0 Å². The number of carbonyl (C=O) groups is 1. The number of amides is 1. The monoisotopic (exact) mass is 299 g/mol. The van der Waals surface area contributed by atoms with Gasteiger partial charge in [0, 0.05) is 17.1 Å². The van der Waals surface area contributed by atoms with Crippen molar-refractivity contribution in [2.24, 2.45) is 0 Å². The maximum absolute atomic E-state index is 12.2. The van der Waals surface area contributed by atoms with Gasteiger partial charge in [-0.3, -0.25) is 14.8 Å². The van der Waals surface area contributed by atoms with Gasteiger partial charge in [0.05, 0.1) is 5.75 Å². The molecule has 0 radical (unpaired) electrons. The lowest BCUT2D eigenvalue weighted by atomic mass is 10.2. The van der Waals surface area contributed by atoms with Gasteiger partial charge < -0.3 is 4.42 Å². The highest BCUT2D eigenvalue weighted by Crippen LogP contribution is 2.42. The molecule has 4 rings (SSSR count). The van der Waals surface area contributed by atoms with Crippen LogP contribution in [0.3, 0.4) is 0 Å². The normalized spacial score (nSPS) is 18.8. The molecule has 0 saturated carbocycles. The van der Waals surface area contributed by atoms with Crippen molar-refractivity contribution in [2.75, 3.05) is 10.7 Å². The first-order chi connectivity index (χ1) is 10.2. The van der Waals surface area contributed by atoms with Gasteiger partial charge in [0.1, 0.15) is 16.7 Å². The number of hydrogen-bond acceptors (Lipinski definition) is 4. The van der Waals surface area contributed by atoms with Crippen molar-refractivity contribution >= 4 is 34.5 Å². The van der Waals surface area contributed by atoms with Gasteiger partial charge in [-0.25, -0.2) is 0 Å². The summed E-state index contributed by atoms with van der Waals surface area (Å²) < 4.78 is 5.91. The van der Waals surface area contributed by atoms with Gasteiger partial charge >= 0.3 is 0 Å². The Morgan fingerprint density at radius 2 is 2.24 bits per heavy atom. The minimum absolute atomic E-state index is 0.0527. The number of fused-ring (bicyclic) bond motifs is 1. The van der Waals surface area contributed by atoms with Crippen molar-refractivity contribution < 1.29 is 9.21 Å². The van der Waals surface area contributed by atoms with E-state index in [1.54, 1.807) is 16.7 Å². The molecule has 0 aliphatic carbocycles. The Kier molecular flexibility index (Phi) is 2.78. The summed E-state index contributed by atoms with van der Waals surface area (Å²) >= 11 is 1.56. The summed E-state index contributed by atoms with van der Waals surface area (Å²) in [5, 5.41) is 7.97. The summed E-state index contributed by atoms with van der Waals surface area (Å²) in [4.78, 5) is 13.9. The number of aromatic nitrogens is 2. The predicted octanol–water partition coefficient (Wildman–Crippen LogP) is 3.24. The number of nitrogens with one attached hydrogen (secondary N) is 1. The Balaban J connectivity index is 1.77. The topological polar surface area (TPSA) is 62.1 Å². The molecule has 1 N–H and O–H groups in total. The molecule has 5 nitrogen and oxygen atoms in total. The van der Waals surface area contributed by atoms with E-state index < -0.39 is 0 Å². The van der Waals surface area contributed by atoms with E-state index in [1.807, 2.05) is 43.3 Å². The van der Waals surface area contributed by atoms with Crippen molar-refractivity contribution in [2.45, 2.75) is 12.3 Å². The zero-order valence-corrected chi connectivity index (χ0v) is 12.2. The molecule has 106 valence electrons. The highest BCUT2D eigenvalue weighted by atomic mass is 32.2. The number of anilines is 1. The number of furan rings is 1. The van der Waals surface area contributed by atoms with Crippen LogP contribution in [0.25, 0.3) is 11.0 Å². The summed E-state index contributed by atoms with van der Waals surface area (Å²) in [5.41, 5.74) is 1.77. The molecule has 6 heteroatoms. The van der Waals surface area contributed by atoms with Crippen molar-refractivity contribution in [1.29, 1.82) is 0 Å². The molecule has 1 saturated heterocycles. The van der Waals surface area contributed by atoms with E-state index in [2.05, 4.69) is 10.2 Å². The van der Waals surface area contributed by atoms with Crippen LogP contribution < -0.4 is 4.90 Å². The third kappa shape index (κ3) is 2.03. The maximum Gasteiger partial charge on any atom is 0.239 e. The lowest BCUT2D eigenvalue weighted by Gasteiger charge is -2.19. The smallest absolute Gasteiger partial charge is 0.239 e. The molecule has 1 aliphatic rings. The number of nitrogens with zero attached hydrogens (tertiary/aromatic N) is 2. The molecule has 1 aliphatic heterocycles. The quantitative estimate of drug-likeness (QED) is 0.789. The third-order valence-electron chi connectivity index (χ3n) is 3.50. The Hall–Kier alpha value is -2.21. The summed E-state index contributed by atoms with van der Waals surface area (Å²) in [5.74, 6) is 1.92. The molecule has 0 spiro atoms. The molecule has 3 heterocycles. The highest BCUT2D eigenvalue weighted by Gasteiger charge is 2.37. The number of para-hydroxylation sites is 1. The Morgan fingerprint density at radius 1 is 1.38 bits per heavy atom. The van der Waals surface area contributed by atoms with E-state index >= 15 is 0 Å². The SMILES string of the molecule is Cc1cc(N2C(=O)CSC2c2cc3ccccc3o2)n[nH]1. The first-order valence-electron chi connectivity index (χ1n) is 6.66.